The molecule has 3 heterocycles. The zero-order valence-corrected chi connectivity index (χ0v) is 13.6. The lowest BCUT2D eigenvalue weighted by Gasteiger charge is -2.24. The molecule has 1 N–H and O–H groups in total. The lowest BCUT2D eigenvalue weighted by Crippen LogP contribution is -2.31. The van der Waals surface area contributed by atoms with Crippen molar-refractivity contribution in [2.45, 2.75) is 31.8 Å². The summed E-state index contributed by atoms with van der Waals surface area (Å²) in [7, 11) is 0. The summed E-state index contributed by atoms with van der Waals surface area (Å²) in [4.78, 5) is 22.3. The average Bonchev–Trinajstić information content (AvgIpc) is 3.03. The average molecular weight is 319 g/mol. The molecule has 0 amide bonds. The van der Waals surface area contributed by atoms with Crippen LogP contribution in [0.25, 0.3) is 10.9 Å². The maximum Gasteiger partial charge on any atom is 0.189 e. The van der Waals surface area contributed by atoms with Gasteiger partial charge in [-0.05, 0) is 55.6 Å². The Morgan fingerprint density at radius 1 is 1.17 bits per heavy atom. The minimum absolute atomic E-state index is 0.101. The summed E-state index contributed by atoms with van der Waals surface area (Å²) in [5, 5.41) is 0.760. The molecule has 1 aliphatic rings. The first-order valence-corrected chi connectivity index (χ1v) is 8.53. The fourth-order valence-corrected chi connectivity index (χ4v) is 3.68. The number of rotatable bonds is 4. The van der Waals surface area contributed by atoms with E-state index >= 15 is 0 Å². The quantitative estimate of drug-likeness (QED) is 0.804. The van der Waals surface area contributed by atoms with E-state index in [0.717, 1.165) is 36.1 Å². The monoisotopic (exact) mass is 319 g/mol. The third-order valence-electron chi connectivity index (χ3n) is 4.89. The van der Waals surface area contributed by atoms with Gasteiger partial charge in [0.1, 0.15) is 0 Å². The Morgan fingerprint density at radius 3 is 2.88 bits per heavy atom. The van der Waals surface area contributed by atoms with E-state index in [2.05, 4.69) is 27.0 Å². The highest BCUT2D eigenvalue weighted by molar-refractivity contribution is 5.78. The van der Waals surface area contributed by atoms with E-state index < -0.39 is 0 Å². The maximum atomic E-state index is 12.3. The van der Waals surface area contributed by atoms with Gasteiger partial charge in [0, 0.05) is 47.6 Å². The highest BCUT2D eigenvalue weighted by Gasteiger charge is 2.25. The smallest absolute Gasteiger partial charge is 0.189 e. The number of fused-ring (bicyclic) bond motifs is 1. The maximum absolute atomic E-state index is 12.3. The molecule has 1 atom stereocenters. The van der Waals surface area contributed by atoms with Crippen molar-refractivity contribution in [3.63, 3.8) is 0 Å². The van der Waals surface area contributed by atoms with Gasteiger partial charge < -0.3 is 4.98 Å². The van der Waals surface area contributed by atoms with Crippen molar-refractivity contribution in [1.82, 2.24) is 14.9 Å². The van der Waals surface area contributed by atoms with Crippen LogP contribution in [-0.4, -0.2) is 27.5 Å². The van der Waals surface area contributed by atoms with Crippen LogP contribution in [0, 0.1) is 0 Å². The minimum atomic E-state index is 0.101. The summed E-state index contributed by atoms with van der Waals surface area (Å²) in [6, 6.07) is 14.2. The van der Waals surface area contributed by atoms with E-state index in [1.54, 1.807) is 6.07 Å². The molecular weight excluding hydrogens is 298 g/mol. The van der Waals surface area contributed by atoms with Crippen LogP contribution >= 0.6 is 0 Å². The molecule has 1 aliphatic heterocycles. The van der Waals surface area contributed by atoms with Gasteiger partial charge >= 0.3 is 0 Å². The van der Waals surface area contributed by atoms with Crippen LogP contribution in [0.15, 0.2) is 59.7 Å². The number of pyridine rings is 2. The molecular formula is C20H21N3O. The standard InChI is InChI=1S/C20H21N3O/c24-20-13-16(22-19-6-2-1-5-18(19)20)14-23-11-3-4-17(23)12-15-7-9-21-10-8-15/h1-2,5-10,13,17H,3-4,11-12,14H2,(H,22,24). The Balaban J connectivity index is 1.55. The van der Waals surface area contributed by atoms with E-state index in [1.165, 1.54) is 18.4 Å². The lowest BCUT2D eigenvalue weighted by molar-refractivity contribution is 0.241. The molecule has 122 valence electrons. The van der Waals surface area contributed by atoms with Crippen molar-refractivity contribution in [3.8, 4) is 0 Å². The zero-order valence-electron chi connectivity index (χ0n) is 13.6. The van der Waals surface area contributed by atoms with Crippen LogP contribution in [0.1, 0.15) is 24.1 Å². The second-order valence-electron chi connectivity index (χ2n) is 6.53. The number of likely N-dealkylation sites (tertiary alicyclic amines) is 1. The third kappa shape index (κ3) is 3.10. The molecule has 2 aromatic heterocycles. The van der Waals surface area contributed by atoms with Gasteiger partial charge in [-0.2, -0.15) is 0 Å². The fraction of sp³-hybridized carbons (Fsp3) is 0.300. The number of hydrogen-bond donors (Lipinski definition) is 1. The zero-order chi connectivity index (χ0) is 16.4. The van der Waals surface area contributed by atoms with Gasteiger partial charge in [-0.1, -0.05) is 12.1 Å². The van der Waals surface area contributed by atoms with E-state index in [0.29, 0.717) is 6.04 Å². The molecule has 4 rings (SSSR count). The van der Waals surface area contributed by atoms with Crippen LogP contribution < -0.4 is 5.43 Å². The van der Waals surface area contributed by atoms with Gasteiger partial charge in [-0.3, -0.25) is 14.7 Å². The van der Waals surface area contributed by atoms with Gasteiger partial charge in [0.2, 0.25) is 0 Å². The first kappa shape index (κ1) is 15.1. The number of para-hydroxylation sites is 1. The SMILES string of the molecule is O=c1cc(CN2CCCC2Cc2ccncc2)[nH]c2ccccc12. The third-order valence-corrected chi connectivity index (χ3v) is 4.89. The molecule has 1 fully saturated rings. The van der Waals surface area contributed by atoms with Crippen molar-refractivity contribution in [2.24, 2.45) is 0 Å². The predicted octanol–water partition coefficient (Wildman–Crippen LogP) is 3.13. The molecule has 1 saturated heterocycles. The van der Waals surface area contributed by atoms with Crippen molar-refractivity contribution in [2.75, 3.05) is 6.54 Å². The molecule has 1 unspecified atom stereocenters. The van der Waals surface area contributed by atoms with Crippen LogP contribution in [0.4, 0.5) is 0 Å². The van der Waals surface area contributed by atoms with Crippen molar-refractivity contribution < 1.29 is 0 Å². The number of H-pyrrole nitrogens is 1. The second-order valence-corrected chi connectivity index (χ2v) is 6.53. The van der Waals surface area contributed by atoms with Gasteiger partial charge in [-0.15, -0.1) is 0 Å². The van der Waals surface area contributed by atoms with Crippen molar-refractivity contribution in [3.05, 3.63) is 76.3 Å². The molecule has 0 aliphatic carbocycles. The number of nitrogens with zero attached hydrogens (tertiary/aromatic N) is 2. The number of hydrogen-bond acceptors (Lipinski definition) is 3. The van der Waals surface area contributed by atoms with Gasteiger partial charge in [-0.25, -0.2) is 0 Å². The van der Waals surface area contributed by atoms with Crippen LogP contribution in [-0.2, 0) is 13.0 Å². The second kappa shape index (κ2) is 6.57. The highest BCUT2D eigenvalue weighted by Crippen LogP contribution is 2.23. The summed E-state index contributed by atoms with van der Waals surface area (Å²) in [6.45, 7) is 1.89. The molecule has 24 heavy (non-hydrogen) atoms. The number of aromatic nitrogens is 2. The molecule has 4 nitrogen and oxygen atoms in total. The summed E-state index contributed by atoms with van der Waals surface area (Å²) in [6.07, 6.45) is 7.18. The molecule has 3 aromatic rings. The highest BCUT2D eigenvalue weighted by atomic mass is 16.1. The predicted molar refractivity (Wildman–Crippen MR) is 95.9 cm³/mol. The number of benzene rings is 1. The molecule has 4 heteroatoms. The summed E-state index contributed by atoms with van der Waals surface area (Å²) >= 11 is 0. The Morgan fingerprint density at radius 2 is 2.00 bits per heavy atom. The van der Waals surface area contributed by atoms with Crippen molar-refractivity contribution in [1.29, 1.82) is 0 Å². The summed E-state index contributed by atoms with van der Waals surface area (Å²) < 4.78 is 0. The molecule has 1 aromatic carbocycles. The molecule has 0 saturated carbocycles. The molecule has 0 bridgehead atoms. The van der Waals surface area contributed by atoms with E-state index in [-0.39, 0.29) is 5.43 Å². The minimum Gasteiger partial charge on any atom is -0.357 e. The van der Waals surface area contributed by atoms with Gasteiger partial charge in [0.15, 0.2) is 5.43 Å². The van der Waals surface area contributed by atoms with Crippen LogP contribution in [0.2, 0.25) is 0 Å². The first-order chi connectivity index (χ1) is 11.8. The van der Waals surface area contributed by atoms with E-state index in [9.17, 15) is 4.79 Å². The Bertz CT molecular complexity index is 888. The Kier molecular flexibility index (Phi) is 4.13. The summed E-state index contributed by atoms with van der Waals surface area (Å²) in [5.41, 5.74) is 3.35. The van der Waals surface area contributed by atoms with Crippen molar-refractivity contribution >= 4 is 10.9 Å². The topological polar surface area (TPSA) is 49.0 Å². The van der Waals surface area contributed by atoms with Crippen LogP contribution in [0.3, 0.4) is 0 Å². The largest absolute Gasteiger partial charge is 0.357 e. The first-order valence-electron chi connectivity index (χ1n) is 8.53. The number of nitrogens with one attached hydrogen (secondary N) is 1. The molecule has 0 radical (unpaired) electrons. The Hall–Kier alpha value is -2.46. The molecule has 0 spiro atoms. The van der Waals surface area contributed by atoms with E-state index in [1.807, 2.05) is 36.7 Å². The lowest BCUT2D eigenvalue weighted by atomic mass is 10.1. The van der Waals surface area contributed by atoms with Crippen LogP contribution in [0.5, 0.6) is 0 Å². The Labute approximate surface area is 141 Å². The normalized spacial score (nSPS) is 18.2. The fourth-order valence-electron chi connectivity index (χ4n) is 3.68. The van der Waals surface area contributed by atoms with E-state index in [4.69, 9.17) is 0 Å². The van der Waals surface area contributed by atoms with Gasteiger partial charge in [0.25, 0.3) is 0 Å². The number of aromatic amines is 1. The van der Waals surface area contributed by atoms with Gasteiger partial charge in [0.05, 0.1) is 0 Å². The summed E-state index contributed by atoms with van der Waals surface area (Å²) in [5.74, 6) is 0.